The highest BCUT2D eigenvalue weighted by molar-refractivity contribution is 7.12. The highest BCUT2D eigenvalue weighted by Gasteiger charge is 2.15. The van der Waals surface area contributed by atoms with Gasteiger partial charge in [0.1, 0.15) is 5.82 Å². The van der Waals surface area contributed by atoms with Crippen LogP contribution in [0.3, 0.4) is 0 Å². The maximum atomic E-state index is 13.7. The first kappa shape index (κ1) is 13.5. The third-order valence-electron chi connectivity index (χ3n) is 2.96. The van der Waals surface area contributed by atoms with Gasteiger partial charge in [-0.25, -0.2) is 4.39 Å². The van der Waals surface area contributed by atoms with Crippen LogP contribution in [0.25, 0.3) is 0 Å². The van der Waals surface area contributed by atoms with Crippen molar-refractivity contribution in [3.8, 4) is 0 Å². The van der Waals surface area contributed by atoms with Crippen LogP contribution in [0.15, 0.2) is 24.3 Å². The van der Waals surface area contributed by atoms with Gasteiger partial charge in [-0.05, 0) is 37.1 Å². The SMILES string of the molecule is Cc1cc(C(O)Cc2cccc(Cl)c2F)sc1C. The molecule has 1 N–H and O–H groups in total. The zero-order valence-corrected chi connectivity index (χ0v) is 11.8. The maximum absolute atomic E-state index is 13.7. The van der Waals surface area contributed by atoms with Gasteiger partial charge in [-0.3, -0.25) is 0 Å². The van der Waals surface area contributed by atoms with E-state index in [4.69, 9.17) is 11.6 Å². The van der Waals surface area contributed by atoms with Crippen molar-refractivity contribution < 1.29 is 9.50 Å². The fourth-order valence-corrected chi connectivity index (χ4v) is 3.00. The minimum atomic E-state index is -0.685. The molecule has 18 heavy (non-hydrogen) atoms. The molecule has 0 aliphatic carbocycles. The third-order valence-corrected chi connectivity index (χ3v) is 4.50. The number of hydrogen-bond donors (Lipinski definition) is 1. The van der Waals surface area contributed by atoms with Gasteiger partial charge in [-0.15, -0.1) is 11.3 Å². The predicted molar refractivity (Wildman–Crippen MR) is 73.9 cm³/mol. The average Bonchev–Trinajstić information content (AvgIpc) is 2.66. The minimum Gasteiger partial charge on any atom is -0.387 e. The van der Waals surface area contributed by atoms with Gasteiger partial charge in [-0.1, -0.05) is 23.7 Å². The molecule has 96 valence electrons. The molecule has 2 aromatic rings. The van der Waals surface area contributed by atoms with Crippen LogP contribution in [0.5, 0.6) is 0 Å². The highest BCUT2D eigenvalue weighted by Crippen LogP contribution is 2.30. The van der Waals surface area contributed by atoms with Crippen molar-refractivity contribution in [2.45, 2.75) is 26.4 Å². The predicted octanol–water partition coefficient (Wildman–Crippen LogP) is 4.43. The van der Waals surface area contributed by atoms with Crippen LogP contribution in [0, 0.1) is 19.7 Å². The van der Waals surface area contributed by atoms with E-state index in [0.717, 1.165) is 10.4 Å². The van der Waals surface area contributed by atoms with E-state index in [1.165, 1.54) is 10.9 Å². The summed E-state index contributed by atoms with van der Waals surface area (Å²) in [6.07, 6.45) is -0.443. The van der Waals surface area contributed by atoms with Gasteiger partial charge in [0.05, 0.1) is 11.1 Å². The second kappa shape index (κ2) is 5.39. The number of hydrogen-bond acceptors (Lipinski definition) is 2. The normalized spacial score (nSPS) is 12.7. The van der Waals surface area contributed by atoms with E-state index >= 15 is 0 Å². The fourth-order valence-electron chi connectivity index (χ4n) is 1.78. The van der Waals surface area contributed by atoms with Crippen molar-refractivity contribution in [1.82, 2.24) is 0 Å². The number of aryl methyl sites for hydroxylation is 2. The van der Waals surface area contributed by atoms with Crippen molar-refractivity contribution in [1.29, 1.82) is 0 Å². The van der Waals surface area contributed by atoms with E-state index in [1.807, 2.05) is 19.9 Å². The molecule has 0 aliphatic heterocycles. The van der Waals surface area contributed by atoms with Gasteiger partial charge in [0.15, 0.2) is 0 Å². The standard InChI is InChI=1S/C14H14ClFOS/c1-8-6-13(18-9(8)2)12(17)7-10-4-3-5-11(15)14(10)16/h3-6,12,17H,7H2,1-2H3. The summed E-state index contributed by atoms with van der Waals surface area (Å²) < 4.78 is 13.7. The fraction of sp³-hybridized carbons (Fsp3) is 0.286. The van der Waals surface area contributed by atoms with Gasteiger partial charge in [0.25, 0.3) is 0 Å². The van der Waals surface area contributed by atoms with Crippen LogP contribution in [-0.4, -0.2) is 5.11 Å². The topological polar surface area (TPSA) is 20.2 Å². The summed E-state index contributed by atoms with van der Waals surface area (Å²) in [4.78, 5) is 2.04. The molecule has 4 heteroatoms. The molecule has 1 aromatic carbocycles. The summed E-state index contributed by atoms with van der Waals surface area (Å²) in [6.45, 7) is 4.01. The Morgan fingerprint density at radius 3 is 2.72 bits per heavy atom. The molecule has 1 atom stereocenters. The summed E-state index contributed by atoms with van der Waals surface area (Å²) in [7, 11) is 0. The Kier molecular flexibility index (Phi) is 4.05. The van der Waals surface area contributed by atoms with Crippen LogP contribution in [0.1, 0.15) is 27.0 Å². The lowest BCUT2D eigenvalue weighted by molar-refractivity contribution is 0.181. The van der Waals surface area contributed by atoms with Crippen LogP contribution in [0.2, 0.25) is 5.02 Å². The number of halogens is 2. The number of thiophene rings is 1. The molecule has 0 aliphatic rings. The minimum absolute atomic E-state index is 0.0956. The van der Waals surface area contributed by atoms with Crippen molar-refractivity contribution in [3.05, 3.63) is 56.0 Å². The van der Waals surface area contributed by atoms with Crippen molar-refractivity contribution in [3.63, 3.8) is 0 Å². The van der Waals surface area contributed by atoms with Crippen molar-refractivity contribution in [2.24, 2.45) is 0 Å². The van der Waals surface area contributed by atoms with Gasteiger partial charge >= 0.3 is 0 Å². The second-order valence-corrected chi connectivity index (χ2v) is 6.02. The largest absolute Gasteiger partial charge is 0.387 e. The molecule has 0 fully saturated rings. The lowest BCUT2D eigenvalue weighted by Crippen LogP contribution is -2.02. The van der Waals surface area contributed by atoms with Crippen molar-refractivity contribution >= 4 is 22.9 Å². The monoisotopic (exact) mass is 284 g/mol. The van der Waals surface area contributed by atoms with E-state index in [2.05, 4.69) is 0 Å². The smallest absolute Gasteiger partial charge is 0.145 e. The number of aliphatic hydroxyl groups is 1. The zero-order valence-electron chi connectivity index (χ0n) is 10.2. The Hall–Kier alpha value is -0.900. The summed E-state index contributed by atoms with van der Waals surface area (Å²) in [5.74, 6) is -0.441. The lowest BCUT2D eigenvalue weighted by atomic mass is 10.1. The molecule has 1 aromatic heterocycles. The molecule has 1 heterocycles. The van der Waals surface area contributed by atoms with Gasteiger partial charge < -0.3 is 5.11 Å². The molecule has 0 radical (unpaired) electrons. The first-order chi connectivity index (χ1) is 8.49. The Balaban J connectivity index is 2.21. The highest BCUT2D eigenvalue weighted by atomic mass is 35.5. The van der Waals surface area contributed by atoms with Crippen LogP contribution in [0.4, 0.5) is 4.39 Å². The van der Waals surface area contributed by atoms with E-state index in [-0.39, 0.29) is 11.4 Å². The summed E-state index contributed by atoms with van der Waals surface area (Å²) in [6, 6.07) is 6.80. The molecular formula is C14H14ClFOS. The van der Waals surface area contributed by atoms with E-state index in [1.54, 1.807) is 23.5 Å². The molecule has 0 saturated heterocycles. The molecule has 0 bridgehead atoms. The van der Waals surface area contributed by atoms with Gasteiger partial charge in [0, 0.05) is 16.2 Å². The van der Waals surface area contributed by atoms with Crippen LogP contribution in [-0.2, 0) is 6.42 Å². The Labute approximate surface area is 115 Å². The Morgan fingerprint density at radius 1 is 1.39 bits per heavy atom. The third kappa shape index (κ3) is 2.74. The number of aliphatic hydroxyl groups excluding tert-OH is 1. The lowest BCUT2D eigenvalue weighted by Gasteiger charge is -2.10. The maximum Gasteiger partial charge on any atom is 0.145 e. The molecule has 1 unspecified atom stereocenters. The van der Waals surface area contributed by atoms with Crippen molar-refractivity contribution in [2.75, 3.05) is 0 Å². The van der Waals surface area contributed by atoms with Gasteiger partial charge in [-0.2, -0.15) is 0 Å². The van der Waals surface area contributed by atoms with E-state index < -0.39 is 11.9 Å². The number of rotatable bonds is 3. The molecule has 1 nitrogen and oxygen atoms in total. The first-order valence-corrected chi connectivity index (χ1v) is 6.86. The van der Waals surface area contributed by atoms with E-state index in [9.17, 15) is 9.50 Å². The summed E-state index contributed by atoms with van der Waals surface area (Å²) in [5, 5.41) is 10.2. The van der Waals surface area contributed by atoms with E-state index in [0.29, 0.717) is 5.56 Å². The van der Waals surface area contributed by atoms with Gasteiger partial charge in [0.2, 0.25) is 0 Å². The Bertz CT molecular complexity index is 545. The number of benzene rings is 1. The molecule has 2 rings (SSSR count). The van der Waals surface area contributed by atoms with Crippen LogP contribution < -0.4 is 0 Å². The first-order valence-electron chi connectivity index (χ1n) is 5.67. The second-order valence-electron chi connectivity index (χ2n) is 4.32. The molecule has 0 amide bonds. The average molecular weight is 285 g/mol. The summed E-state index contributed by atoms with van der Waals surface area (Å²) in [5.41, 5.74) is 1.60. The molecular weight excluding hydrogens is 271 g/mol. The van der Waals surface area contributed by atoms with Crippen LogP contribution >= 0.6 is 22.9 Å². The Morgan fingerprint density at radius 2 is 2.11 bits per heavy atom. The summed E-state index contributed by atoms with van der Waals surface area (Å²) >= 11 is 7.26. The molecule has 0 spiro atoms. The quantitative estimate of drug-likeness (QED) is 0.884. The zero-order chi connectivity index (χ0) is 13.3. The molecule has 0 saturated carbocycles.